The Bertz CT molecular complexity index is 1310. The first-order valence-electron chi connectivity index (χ1n) is 10.8. The number of nitrogens with one attached hydrogen (secondary N) is 1. The maximum absolute atomic E-state index is 13.4. The van der Waals surface area contributed by atoms with E-state index in [1.165, 1.54) is 0 Å². The molecular formula is C25H22N6O3. The Morgan fingerprint density at radius 3 is 2.44 bits per heavy atom. The summed E-state index contributed by atoms with van der Waals surface area (Å²) in [5.74, 6) is 1.40. The molecule has 2 aromatic heterocycles. The molecule has 170 valence electrons. The zero-order valence-corrected chi connectivity index (χ0v) is 18.5. The molecule has 0 fully saturated rings. The highest BCUT2D eigenvalue weighted by molar-refractivity contribution is 5.94. The van der Waals surface area contributed by atoms with Crippen molar-refractivity contribution in [1.29, 1.82) is 0 Å². The van der Waals surface area contributed by atoms with Gasteiger partial charge >= 0.3 is 0 Å². The fourth-order valence-corrected chi connectivity index (χ4v) is 4.01. The summed E-state index contributed by atoms with van der Waals surface area (Å²) in [4.78, 5) is 31.6. The van der Waals surface area contributed by atoms with Crippen molar-refractivity contribution in [3.05, 3.63) is 102 Å². The molecule has 9 nitrogen and oxygen atoms in total. The topological polar surface area (TPSA) is 102 Å². The van der Waals surface area contributed by atoms with Crippen LogP contribution in [0.3, 0.4) is 0 Å². The predicted molar refractivity (Wildman–Crippen MR) is 123 cm³/mol. The van der Waals surface area contributed by atoms with E-state index < -0.39 is 0 Å². The van der Waals surface area contributed by atoms with Gasteiger partial charge in [0.25, 0.3) is 11.8 Å². The van der Waals surface area contributed by atoms with E-state index in [-0.39, 0.29) is 30.2 Å². The van der Waals surface area contributed by atoms with Crippen LogP contribution < -0.4 is 10.1 Å². The Kier molecular flexibility index (Phi) is 5.73. The van der Waals surface area contributed by atoms with Crippen molar-refractivity contribution in [2.75, 3.05) is 13.6 Å². The van der Waals surface area contributed by atoms with E-state index in [1.54, 1.807) is 48.5 Å². The molecule has 0 saturated heterocycles. The maximum atomic E-state index is 13.4. The summed E-state index contributed by atoms with van der Waals surface area (Å²) < 4.78 is 7.54. The standard InChI is InChI=1S/C25H22N6O3/c1-26-24(32)23-29-28-21-16-30(15-20(31(21)23)17-7-3-2-4-8-17)25(33)18-10-12-19(13-11-18)34-22-9-5-6-14-27-22/h2-14,20H,15-16H2,1H3,(H,26,32). The molecule has 5 rings (SSSR count). The monoisotopic (exact) mass is 454 g/mol. The number of rotatable bonds is 5. The zero-order chi connectivity index (χ0) is 23.5. The van der Waals surface area contributed by atoms with Crippen molar-refractivity contribution in [2.45, 2.75) is 12.6 Å². The third kappa shape index (κ3) is 4.11. The third-order valence-electron chi connectivity index (χ3n) is 5.67. The summed E-state index contributed by atoms with van der Waals surface area (Å²) in [6.45, 7) is 0.627. The molecule has 1 aliphatic heterocycles. The molecule has 1 atom stereocenters. The molecule has 0 aliphatic carbocycles. The number of amides is 2. The van der Waals surface area contributed by atoms with Crippen LogP contribution in [0.25, 0.3) is 0 Å². The maximum Gasteiger partial charge on any atom is 0.289 e. The molecule has 4 aromatic rings. The number of pyridine rings is 1. The van der Waals surface area contributed by atoms with Crippen LogP contribution in [-0.2, 0) is 6.54 Å². The number of benzene rings is 2. The summed E-state index contributed by atoms with van der Waals surface area (Å²) in [5.41, 5.74) is 1.49. The number of carbonyl (C=O) groups excluding carboxylic acids is 2. The quantitative estimate of drug-likeness (QED) is 0.497. The lowest BCUT2D eigenvalue weighted by Gasteiger charge is -2.34. The lowest BCUT2D eigenvalue weighted by Crippen LogP contribution is -2.42. The molecule has 0 radical (unpaired) electrons. The molecule has 0 spiro atoms. The summed E-state index contributed by atoms with van der Waals surface area (Å²) >= 11 is 0. The molecule has 1 N–H and O–H groups in total. The second kappa shape index (κ2) is 9.14. The van der Waals surface area contributed by atoms with Crippen LogP contribution in [0.4, 0.5) is 0 Å². The Hall–Kier alpha value is -4.53. The minimum atomic E-state index is -0.317. The number of hydrogen-bond acceptors (Lipinski definition) is 6. The van der Waals surface area contributed by atoms with E-state index in [1.807, 2.05) is 47.0 Å². The normalized spacial score (nSPS) is 14.9. The van der Waals surface area contributed by atoms with Crippen molar-refractivity contribution < 1.29 is 14.3 Å². The summed E-state index contributed by atoms with van der Waals surface area (Å²) in [6, 6.07) is 21.8. The van der Waals surface area contributed by atoms with Crippen molar-refractivity contribution >= 4 is 11.8 Å². The largest absolute Gasteiger partial charge is 0.439 e. The Balaban J connectivity index is 1.41. The Morgan fingerprint density at radius 1 is 0.971 bits per heavy atom. The SMILES string of the molecule is CNC(=O)c1nnc2n1C(c1ccccc1)CN(C(=O)c1ccc(Oc3ccccn3)cc1)C2. The smallest absolute Gasteiger partial charge is 0.289 e. The number of aromatic nitrogens is 4. The first-order chi connectivity index (χ1) is 16.6. The molecule has 1 unspecified atom stereocenters. The van der Waals surface area contributed by atoms with E-state index >= 15 is 0 Å². The molecule has 3 heterocycles. The van der Waals surface area contributed by atoms with Crippen LogP contribution in [0, 0.1) is 0 Å². The van der Waals surface area contributed by atoms with Gasteiger partial charge < -0.3 is 15.0 Å². The van der Waals surface area contributed by atoms with Crippen molar-refractivity contribution in [3.8, 4) is 11.6 Å². The van der Waals surface area contributed by atoms with Crippen molar-refractivity contribution in [1.82, 2.24) is 30.0 Å². The molecule has 34 heavy (non-hydrogen) atoms. The second-order valence-corrected chi connectivity index (χ2v) is 7.80. The van der Waals surface area contributed by atoms with Crippen LogP contribution in [0.1, 0.15) is 38.4 Å². The predicted octanol–water partition coefficient (Wildman–Crippen LogP) is 3.07. The summed E-state index contributed by atoms with van der Waals surface area (Å²) in [5, 5.41) is 10.9. The Labute approximate surface area is 196 Å². The lowest BCUT2D eigenvalue weighted by atomic mass is 10.0. The van der Waals surface area contributed by atoms with Gasteiger partial charge in [0.2, 0.25) is 11.7 Å². The molecule has 9 heteroatoms. The zero-order valence-electron chi connectivity index (χ0n) is 18.5. The van der Waals surface area contributed by atoms with Gasteiger partial charge in [-0.25, -0.2) is 4.98 Å². The van der Waals surface area contributed by atoms with Crippen molar-refractivity contribution in [2.24, 2.45) is 0 Å². The number of carbonyl (C=O) groups is 2. The van der Waals surface area contributed by atoms with Crippen LogP contribution in [0.5, 0.6) is 11.6 Å². The summed E-state index contributed by atoms with van der Waals surface area (Å²) in [7, 11) is 1.56. The molecule has 0 bridgehead atoms. The van der Waals surface area contributed by atoms with Gasteiger partial charge in [-0.1, -0.05) is 36.4 Å². The number of fused-ring (bicyclic) bond motifs is 1. The van der Waals surface area contributed by atoms with Gasteiger partial charge in [-0.05, 0) is 35.9 Å². The minimum Gasteiger partial charge on any atom is -0.439 e. The highest BCUT2D eigenvalue weighted by atomic mass is 16.5. The number of hydrogen-bond donors (Lipinski definition) is 1. The number of nitrogens with zero attached hydrogens (tertiary/aromatic N) is 5. The van der Waals surface area contributed by atoms with Gasteiger partial charge in [-0.3, -0.25) is 14.2 Å². The first kappa shape index (κ1) is 21.3. The third-order valence-corrected chi connectivity index (χ3v) is 5.67. The summed E-state index contributed by atoms with van der Waals surface area (Å²) in [6.07, 6.45) is 1.65. The molecule has 2 aromatic carbocycles. The number of ether oxygens (including phenoxy) is 1. The van der Waals surface area contributed by atoms with Crippen LogP contribution in [-0.4, -0.2) is 50.1 Å². The highest BCUT2D eigenvalue weighted by Crippen LogP contribution is 2.29. The van der Waals surface area contributed by atoms with Crippen LogP contribution in [0.15, 0.2) is 79.0 Å². The van der Waals surface area contributed by atoms with E-state index in [4.69, 9.17) is 4.74 Å². The van der Waals surface area contributed by atoms with E-state index in [0.717, 1.165) is 5.56 Å². The van der Waals surface area contributed by atoms with Gasteiger partial charge in [0.15, 0.2) is 5.82 Å². The van der Waals surface area contributed by atoms with Gasteiger partial charge in [-0.2, -0.15) is 0 Å². The van der Waals surface area contributed by atoms with Crippen LogP contribution in [0.2, 0.25) is 0 Å². The van der Waals surface area contributed by atoms with Gasteiger partial charge in [0.1, 0.15) is 5.75 Å². The molecular weight excluding hydrogens is 432 g/mol. The average Bonchev–Trinajstić information content (AvgIpc) is 3.33. The van der Waals surface area contributed by atoms with Gasteiger partial charge in [0, 0.05) is 31.4 Å². The van der Waals surface area contributed by atoms with Crippen molar-refractivity contribution in [3.63, 3.8) is 0 Å². The van der Waals surface area contributed by atoms with Crippen LogP contribution >= 0.6 is 0 Å². The fraction of sp³-hybridized carbons (Fsp3) is 0.160. The van der Waals surface area contributed by atoms with E-state index in [2.05, 4.69) is 20.5 Å². The Morgan fingerprint density at radius 2 is 1.74 bits per heavy atom. The van der Waals surface area contributed by atoms with Gasteiger partial charge in [0.05, 0.1) is 12.6 Å². The lowest BCUT2D eigenvalue weighted by molar-refractivity contribution is 0.0687. The second-order valence-electron chi connectivity index (χ2n) is 7.80. The van der Waals surface area contributed by atoms with Gasteiger partial charge in [-0.15, -0.1) is 10.2 Å². The minimum absolute atomic E-state index is 0.138. The molecule has 1 aliphatic rings. The van der Waals surface area contributed by atoms with E-state index in [0.29, 0.717) is 29.6 Å². The van der Waals surface area contributed by atoms with E-state index in [9.17, 15) is 9.59 Å². The molecule has 2 amide bonds. The first-order valence-corrected chi connectivity index (χ1v) is 10.8. The average molecular weight is 454 g/mol. The molecule has 0 saturated carbocycles. The fourth-order valence-electron chi connectivity index (χ4n) is 4.01. The highest BCUT2D eigenvalue weighted by Gasteiger charge is 2.34.